The van der Waals surface area contributed by atoms with Crippen molar-refractivity contribution in [3.8, 4) is 0 Å². The summed E-state index contributed by atoms with van der Waals surface area (Å²) >= 11 is 0. The first-order valence-electron chi connectivity index (χ1n) is 9.88. The number of carboxylic acid groups (broad SMARTS) is 1. The Kier molecular flexibility index (Phi) is 7.05. The maximum atomic E-state index is 14.7. The minimum atomic E-state index is -1.37. The van der Waals surface area contributed by atoms with E-state index >= 15 is 0 Å². The molecule has 0 saturated heterocycles. The number of allylic oxidation sites excluding steroid dienone is 2. The zero-order chi connectivity index (χ0) is 23.4. The molecule has 3 rings (SSSR count). The van der Waals surface area contributed by atoms with Crippen LogP contribution in [0.4, 0.5) is 8.78 Å². The lowest BCUT2D eigenvalue weighted by atomic mass is 9.80. The molecule has 1 aliphatic rings. The van der Waals surface area contributed by atoms with Gasteiger partial charge in [-0.05, 0) is 25.5 Å². The number of benzene rings is 2. The van der Waals surface area contributed by atoms with Gasteiger partial charge in [0.15, 0.2) is 11.6 Å². The summed E-state index contributed by atoms with van der Waals surface area (Å²) in [6.07, 6.45) is -0.717. The minimum Gasteiger partial charge on any atom is -0.478 e. The highest BCUT2D eigenvalue weighted by molar-refractivity contribution is 5.99. The first-order valence-corrected chi connectivity index (χ1v) is 9.88. The predicted octanol–water partition coefficient (Wildman–Crippen LogP) is 4.04. The first-order chi connectivity index (χ1) is 15.2. The molecule has 168 valence electrons. The number of carboxylic acids is 1. The van der Waals surface area contributed by atoms with Gasteiger partial charge in [0.05, 0.1) is 17.1 Å². The van der Waals surface area contributed by atoms with Gasteiger partial charge in [0.2, 0.25) is 6.29 Å². The summed E-state index contributed by atoms with van der Waals surface area (Å²) in [5, 5.41) is 12.6. The summed E-state index contributed by atoms with van der Waals surface area (Å²) in [5.41, 5.74) is 0.672. The first kappa shape index (κ1) is 23.1. The van der Waals surface area contributed by atoms with Crippen molar-refractivity contribution >= 4 is 11.9 Å². The van der Waals surface area contributed by atoms with Gasteiger partial charge in [-0.25, -0.2) is 18.4 Å². The van der Waals surface area contributed by atoms with Crippen LogP contribution in [0.3, 0.4) is 0 Å². The molecule has 0 radical (unpaired) electrons. The number of hydrogen-bond acceptors (Lipinski definition) is 5. The molecule has 0 saturated carbocycles. The quantitative estimate of drug-likeness (QED) is 0.496. The number of rotatable bonds is 7. The molecule has 6 nitrogen and oxygen atoms in total. The van der Waals surface area contributed by atoms with E-state index in [1.165, 1.54) is 26.2 Å². The van der Waals surface area contributed by atoms with Crippen molar-refractivity contribution in [1.82, 2.24) is 5.32 Å². The van der Waals surface area contributed by atoms with Crippen LogP contribution >= 0.6 is 0 Å². The third kappa shape index (κ3) is 4.70. The van der Waals surface area contributed by atoms with Gasteiger partial charge in [-0.2, -0.15) is 0 Å². The maximum Gasteiger partial charge on any atom is 0.339 e. The summed E-state index contributed by atoms with van der Waals surface area (Å²) in [6.45, 7) is 3.04. The van der Waals surface area contributed by atoms with Crippen LogP contribution in [-0.2, 0) is 25.5 Å². The second-order valence-electron chi connectivity index (χ2n) is 7.34. The number of carbonyl (C=O) groups excluding carboxylic acids is 1. The molecule has 0 fully saturated rings. The molecule has 0 aliphatic carbocycles. The molecule has 0 spiro atoms. The van der Waals surface area contributed by atoms with Crippen molar-refractivity contribution in [1.29, 1.82) is 0 Å². The van der Waals surface area contributed by atoms with E-state index in [0.717, 1.165) is 11.6 Å². The highest BCUT2D eigenvalue weighted by Crippen LogP contribution is 2.40. The van der Waals surface area contributed by atoms with Gasteiger partial charge in [-0.15, -0.1) is 0 Å². The summed E-state index contributed by atoms with van der Waals surface area (Å²) < 4.78 is 39.5. The van der Waals surface area contributed by atoms with Crippen LogP contribution in [0.1, 0.15) is 30.9 Å². The number of methoxy groups -OCH3 is 1. The Hall–Kier alpha value is -3.52. The van der Waals surface area contributed by atoms with Crippen molar-refractivity contribution in [3.05, 3.63) is 93.8 Å². The lowest BCUT2D eigenvalue weighted by molar-refractivity contribution is -0.168. The van der Waals surface area contributed by atoms with Crippen LogP contribution in [0.2, 0.25) is 0 Å². The average Bonchev–Trinajstić information content (AvgIpc) is 2.75. The summed E-state index contributed by atoms with van der Waals surface area (Å²) in [7, 11) is 1.37. The molecule has 0 aromatic heterocycles. The topological polar surface area (TPSA) is 84.9 Å². The molecule has 1 aliphatic heterocycles. The second kappa shape index (κ2) is 9.74. The van der Waals surface area contributed by atoms with Gasteiger partial charge in [-0.3, -0.25) is 0 Å². The zero-order valence-electron chi connectivity index (χ0n) is 17.8. The van der Waals surface area contributed by atoms with Crippen molar-refractivity contribution in [2.24, 2.45) is 0 Å². The van der Waals surface area contributed by atoms with Crippen LogP contribution in [0.15, 0.2) is 71.1 Å². The number of ether oxygens (including phenoxy) is 2. The van der Waals surface area contributed by atoms with Gasteiger partial charge in [0, 0.05) is 30.5 Å². The molecule has 2 unspecified atom stereocenters. The molecular weight excluding hydrogens is 420 g/mol. The molecule has 0 amide bonds. The third-order valence-electron chi connectivity index (χ3n) is 5.25. The monoisotopic (exact) mass is 443 g/mol. The zero-order valence-corrected chi connectivity index (χ0v) is 17.8. The number of aliphatic carboxylic acids is 1. The Labute approximate surface area is 184 Å². The standard InChI is InChI=1S/C24H23F2NO5/c1-13-19(23(28)29)21(16-10-7-11-17(25)22(16)26)20(14(2)27-13)24(30)32-18(31-3)12-15-8-5-4-6-9-15/h4-11,18,21,27H,12H2,1-3H3,(H,28,29). The van der Waals surface area contributed by atoms with E-state index in [0.29, 0.717) is 0 Å². The summed E-state index contributed by atoms with van der Waals surface area (Å²) in [4.78, 5) is 25.2. The molecule has 2 aromatic carbocycles. The van der Waals surface area contributed by atoms with E-state index in [9.17, 15) is 23.5 Å². The smallest absolute Gasteiger partial charge is 0.339 e. The van der Waals surface area contributed by atoms with Crippen molar-refractivity contribution in [3.63, 3.8) is 0 Å². The van der Waals surface area contributed by atoms with E-state index in [2.05, 4.69) is 5.32 Å². The molecule has 2 atom stereocenters. The minimum absolute atomic E-state index is 0.132. The molecule has 1 heterocycles. The second-order valence-corrected chi connectivity index (χ2v) is 7.34. The molecule has 32 heavy (non-hydrogen) atoms. The van der Waals surface area contributed by atoms with Crippen molar-refractivity contribution in [2.75, 3.05) is 7.11 Å². The lowest BCUT2D eigenvalue weighted by Gasteiger charge is -2.30. The number of dihydropyridines is 1. The highest BCUT2D eigenvalue weighted by Gasteiger charge is 2.39. The fourth-order valence-corrected chi connectivity index (χ4v) is 3.77. The third-order valence-corrected chi connectivity index (χ3v) is 5.25. The SMILES string of the molecule is COC(Cc1ccccc1)OC(=O)C1=C(C)NC(C)=C(C(=O)O)C1c1cccc(F)c1F. The van der Waals surface area contributed by atoms with Gasteiger partial charge in [0.1, 0.15) is 0 Å². The van der Waals surface area contributed by atoms with Crippen LogP contribution < -0.4 is 5.32 Å². The average molecular weight is 443 g/mol. The number of esters is 1. The Morgan fingerprint density at radius 1 is 1.03 bits per heavy atom. The normalized spacial score (nSPS) is 17.1. The molecule has 2 aromatic rings. The van der Waals surface area contributed by atoms with Gasteiger partial charge >= 0.3 is 11.9 Å². The fraction of sp³-hybridized carbons (Fsp3) is 0.250. The summed E-state index contributed by atoms with van der Waals surface area (Å²) in [6, 6.07) is 12.6. The number of halogens is 2. The Bertz CT molecular complexity index is 1090. The number of hydrogen-bond donors (Lipinski definition) is 2. The Balaban J connectivity index is 2.01. The van der Waals surface area contributed by atoms with E-state index in [4.69, 9.17) is 9.47 Å². The van der Waals surface area contributed by atoms with Gasteiger partial charge in [-0.1, -0.05) is 42.5 Å². The van der Waals surface area contributed by atoms with E-state index in [1.807, 2.05) is 30.3 Å². The predicted molar refractivity (Wildman–Crippen MR) is 112 cm³/mol. The molecular formula is C24H23F2NO5. The van der Waals surface area contributed by atoms with Gasteiger partial charge in [0.25, 0.3) is 0 Å². The van der Waals surface area contributed by atoms with Crippen molar-refractivity contribution in [2.45, 2.75) is 32.5 Å². The molecule has 2 N–H and O–H groups in total. The largest absolute Gasteiger partial charge is 0.478 e. The van der Waals surface area contributed by atoms with Crippen LogP contribution in [0.5, 0.6) is 0 Å². The molecule has 8 heteroatoms. The number of nitrogens with one attached hydrogen (secondary N) is 1. The Morgan fingerprint density at radius 3 is 2.31 bits per heavy atom. The summed E-state index contributed by atoms with van der Waals surface area (Å²) in [5.74, 6) is -6.00. The van der Waals surface area contributed by atoms with E-state index < -0.39 is 35.8 Å². The van der Waals surface area contributed by atoms with E-state index in [-0.39, 0.29) is 34.5 Å². The fourth-order valence-electron chi connectivity index (χ4n) is 3.77. The molecule has 0 bridgehead atoms. The van der Waals surface area contributed by atoms with Crippen LogP contribution in [0.25, 0.3) is 0 Å². The van der Waals surface area contributed by atoms with Crippen LogP contribution in [0, 0.1) is 11.6 Å². The number of carbonyl (C=O) groups is 2. The van der Waals surface area contributed by atoms with E-state index in [1.54, 1.807) is 6.92 Å². The Morgan fingerprint density at radius 2 is 1.69 bits per heavy atom. The van der Waals surface area contributed by atoms with Crippen molar-refractivity contribution < 1.29 is 33.0 Å². The van der Waals surface area contributed by atoms with Gasteiger partial charge < -0.3 is 19.9 Å². The maximum absolute atomic E-state index is 14.7. The highest BCUT2D eigenvalue weighted by atomic mass is 19.2. The van der Waals surface area contributed by atoms with Crippen LogP contribution in [-0.4, -0.2) is 30.4 Å². The lowest BCUT2D eigenvalue weighted by Crippen LogP contribution is -2.34.